The van der Waals surface area contributed by atoms with Crippen molar-refractivity contribution in [1.29, 1.82) is 0 Å². The minimum Gasteiger partial charge on any atom is -0.459 e. The first-order valence-corrected chi connectivity index (χ1v) is 50.3. The molecule has 38 atom stereocenters. The van der Waals surface area contributed by atoms with Gasteiger partial charge in [-0.3, -0.25) is 34.6 Å². The van der Waals surface area contributed by atoms with Gasteiger partial charge >= 0.3 is 11.9 Å². The molecule has 0 saturated carbocycles. The molecule has 6 saturated heterocycles. The highest BCUT2D eigenvalue weighted by atomic mass is 16.7. The number of hydrogen-bond donors (Lipinski definition) is 11. The molecule has 0 unspecified atom stereocenters. The molecule has 42 heteroatoms. The van der Waals surface area contributed by atoms with Crippen LogP contribution in [0.25, 0.3) is 0 Å². The van der Waals surface area contributed by atoms with Gasteiger partial charge in [0.15, 0.2) is 25.2 Å². The number of carbonyl (C=O) groups excluding carboxylic acids is 3. The number of primary amides is 1. The number of cyclic esters (lactones) is 2. The average Bonchev–Trinajstić information content (AvgIpc) is 0.896. The zero-order chi connectivity index (χ0) is 106. The third-order valence-corrected chi connectivity index (χ3v) is 31.1. The lowest BCUT2D eigenvalue weighted by Gasteiger charge is -2.49. The summed E-state index contributed by atoms with van der Waals surface area (Å²) in [4.78, 5) is 70.6. The van der Waals surface area contributed by atoms with E-state index in [1.807, 2.05) is 88.6 Å². The van der Waals surface area contributed by atoms with Crippen molar-refractivity contribution < 1.29 is 132 Å². The number of nitro groups is 2. The molecule has 6 aliphatic heterocycles. The van der Waals surface area contributed by atoms with Crippen molar-refractivity contribution in [1.82, 2.24) is 49.6 Å². The monoisotopic (exact) mass is 2010 g/mol. The SMILES string of the molecule is CC[C@H]1OC(=O)[C@H](C)[C@@H](O[C@H]2C[C@@](C)(OC)[C@@H](O)[C@H](C)O2)[C@H](C)[C@@H](O[C@@H]2O[C@H](C)C[C@H](N(C)CCc3cn([C@@H](Cc4ccc([N+](=O)[O-])cc4)C(N)=O)nn3)[C@H]2O)[C@](C)(O)C[C@@H](C)CN(C)[C@H](C)[C@@H](O)[C@]1(C)O.CC[C@H]1OC(=O)[C@H](C)[C@@H](O[C@H]2C[C@@](C)(OC)[C@@H](O)[C@H](C)O2)[C@H](C)[C@@H](O[C@@H]2O[C@H](C)C[C@H](N(C)CCc3cn([C@H](C)Cc4ccc([N+](=O)[O-])cc4)nn3)[C@H]2O)[C@](C)(O)C[C@@H](C)CN(C)[C@H](C)[C@@H](O)[C@]1(C)O. The summed E-state index contributed by atoms with van der Waals surface area (Å²) in [7, 11) is 10.4. The second-order valence-corrected chi connectivity index (χ2v) is 43.3. The summed E-state index contributed by atoms with van der Waals surface area (Å²) >= 11 is 0. The van der Waals surface area contributed by atoms with Crippen LogP contribution < -0.4 is 5.73 Å². The minimum atomic E-state index is -1.86. The number of benzene rings is 2. The number of aliphatic hydroxyl groups is 10. The normalized spacial score (nSPS) is 39.9. The molecule has 0 aliphatic carbocycles. The Bertz CT molecular complexity index is 4660. The van der Waals surface area contributed by atoms with E-state index in [2.05, 4.69) is 20.6 Å². The fraction of sp³-hybridized carbons (Fsp3) is 0.810. The van der Waals surface area contributed by atoms with Crippen LogP contribution in [-0.4, -0.2) is 378 Å². The summed E-state index contributed by atoms with van der Waals surface area (Å²) < 4.78 is 79.5. The molecular weight excluding hydrogens is 1850 g/mol. The molecule has 2 aromatic heterocycles. The number of amides is 1. The molecule has 2 aromatic carbocycles. The zero-order valence-electron chi connectivity index (χ0n) is 88.2. The third kappa shape index (κ3) is 28.9. The highest BCUT2D eigenvalue weighted by Crippen LogP contribution is 2.45. The maximum absolute atomic E-state index is 14.5. The van der Waals surface area contributed by atoms with Gasteiger partial charge in [0.2, 0.25) is 5.91 Å². The number of nitrogens with two attached hydrogens (primary N) is 1. The first kappa shape index (κ1) is 119. The fourth-order valence-corrected chi connectivity index (χ4v) is 21.9. The molecule has 6 fully saturated rings. The highest BCUT2D eigenvalue weighted by molar-refractivity contribution is 5.78. The Labute approximate surface area is 835 Å². The van der Waals surface area contributed by atoms with Crippen LogP contribution in [0.2, 0.25) is 0 Å². The number of methoxy groups -OCH3 is 2. The standard InChI is InChI=1S/C50H83N7O15.C50H84N6O14/c1-14-38-50(10,64)42(59)31(6)55(12)25-27(2)23-48(8,63)44(29(4)41(30(5)46(62)70-38)71-39-24-49(9,67-13)43(60)32(7)69-39)72-47-40(58)36(21-28(3)68-47)54(11)20-19-34-26-56(53-52-34)37(45(51)61)22-33-15-17-35(18-16-33)57(65)66;1-15-39-50(11,62)43(58)33(7)54(13)26-28(2)24-48(9,61)45(31(5)42(32(6)46(60)68-39)69-40-25-49(10,65-14)44(59)34(8)67-40)70-47-41(57)38(23-30(4)66-47)53(12)21-20-36-27-55(52-51-36)29(3)22-35-16-18-37(19-17-35)56(63)64/h15-18,26-32,36-44,47,58-60,63-64H,14,19-25H2,1-13H3,(H2,51,61);16-19,27-34,38-45,47,57-59,61-62H,15,20-26H2,1-14H3/t27-,28-,29+,30-,31-,32+,36+,37+,38-,39+,40-,41+,42-,43+,44-,47+,48-,49-,50-;28-,29-,30-,31+,32-,33-,34+,38+,39-,40+,41-,42+,43-,44+,45-,47+,48-,49-,50-/m11/s1. The Morgan fingerprint density at radius 1 is 0.535 bits per heavy atom. The summed E-state index contributed by atoms with van der Waals surface area (Å²) in [5.41, 5.74) is -0.583. The lowest BCUT2D eigenvalue weighted by atomic mass is 9.77. The van der Waals surface area contributed by atoms with Crippen LogP contribution in [-0.2, 0) is 96.9 Å². The molecule has 142 heavy (non-hydrogen) atoms. The maximum atomic E-state index is 14.5. The Kier molecular flexibility index (Phi) is 41.6. The molecule has 10 rings (SSSR count). The van der Waals surface area contributed by atoms with Gasteiger partial charge in [0, 0.05) is 145 Å². The number of hydrogen-bond acceptors (Lipinski definition) is 37. The molecule has 12 N–H and O–H groups in total. The number of carbonyl (C=O) groups is 3. The van der Waals surface area contributed by atoms with Crippen molar-refractivity contribution in [2.75, 3.05) is 68.6 Å². The third-order valence-electron chi connectivity index (χ3n) is 31.1. The van der Waals surface area contributed by atoms with Crippen molar-refractivity contribution in [2.24, 2.45) is 41.2 Å². The van der Waals surface area contributed by atoms with Gasteiger partial charge in [0.25, 0.3) is 11.4 Å². The predicted molar refractivity (Wildman–Crippen MR) is 520 cm³/mol. The van der Waals surface area contributed by atoms with Crippen LogP contribution >= 0.6 is 0 Å². The van der Waals surface area contributed by atoms with Crippen molar-refractivity contribution >= 4 is 29.2 Å². The van der Waals surface area contributed by atoms with Gasteiger partial charge in [-0.2, -0.15) is 0 Å². The van der Waals surface area contributed by atoms with Gasteiger partial charge < -0.3 is 133 Å². The molecule has 6 aliphatic rings. The summed E-state index contributed by atoms with van der Waals surface area (Å²) in [6, 6.07) is 9.18. The van der Waals surface area contributed by atoms with E-state index in [1.165, 1.54) is 57.0 Å². The number of nitrogens with zero attached hydrogens (tertiary/aromatic N) is 12. The first-order chi connectivity index (χ1) is 66.2. The summed E-state index contributed by atoms with van der Waals surface area (Å²) in [6.45, 7) is 38.4. The van der Waals surface area contributed by atoms with Crippen molar-refractivity contribution in [2.45, 2.75) is 415 Å². The van der Waals surface area contributed by atoms with E-state index in [0.29, 0.717) is 69.5 Å². The van der Waals surface area contributed by atoms with E-state index in [9.17, 15) is 85.7 Å². The van der Waals surface area contributed by atoms with Crippen LogP contribution in [0.1, 0.15) is 231 Å². The zero-order valence-corrected chi connectivity index (χ0v) is 88.2. The average molecular weight is 2020 g/mol. The van der Waals surface area contributed by atoms with Gasteiger partial charge in [-0.05, 0) is 200 Å². The number of likely N-dealkylation sites (N-methyl/N-ethyl adjacent to an activating group) is 4. The first-order valence-electron chi connectivity index (χ1n) is 50.3. The maximum Gasteiger partial charge on any atom is 0.311 e. The Morgan fingerprint density at radius 3 is 1.23 bits per heavy atom. The van der Waals surface area contributed by atoms with E-state index in [-0.39, 0.29) is 80.3 Å². The van der Waals surface area contributed by atoms with E-state index < -0.39 is 232 Å². The Hall–Kier alpha value is -7.03. The van der Waals surface area contributed by atoms with Crippen LogP contribution in [0.3, 0.4) is 0 Å². The van der Waals surface area contributed by atoms with Gasteiger partial charge in [0.05, 0.1) is 110 Å². The summed E-state index contributed by atoms with van der Waals surface area (Å²) in [5.74, 6) is -6.41. The lowest BCUT2D eigenvalue weighted by molar-refractivity contribution is -0.385. The highest BCUT2D eigenvalue weighted by Gasteiger charge is 2.57. The molecule has 1 amide bonds. The van der Waals surface area contributed by atoms with Crippen LogP contribution in [0, 0.1) is 55.7 Å². The lowest BCUT2D eigenvalue weighted by Crippen LogP contribution is -2.61. The molecule has 0 radical (unpaired) electrons. The van der Waals surface area contributed by atoms with E-state index in [0.717, 1.165) is 11.3 Å². The van der Waals surface area contributed by atoms with Crippen molar-refractivity contribution in [3.63, 3.8) is 0 Å². The van der Waals surface area contributed by atoms with Gasteiger partial charge in [0.1, 0.15) is 66.1 Å². The van der Waals surface area contributed by atoms with Crippen molar-refractivity contribution in [3.05, 3.63) is 104 Å². The summed E-state index contributed by atoms with van der Waals surface area (Å²) in [6.07, 6.45) is -13.8. The number of nitro benzene ring substituents is 2. The number of rotatable bonds is 29. The fourth-order valence-electron chi connectivity index (χ4n) is 21.9. The number of aromatic nitrogens is 6. The largest absolute Gasteiger partial charge is 0.459 e. The molecular formula is C100H167N13O29. The Morgan fingerprint density at radius 2 is 0.887 bits per heavy atom. The van der Waals surface area contributed by atoms with Gasteiger partial charge in [-0.1, -0.05) is 76.2 Å². The Balaban J connectivity index is 0.000000317. The smallest absolute Gasteiger partial charge is 0.311 e. The van der Waals surface area contributed by atoms with Crippen LogP contribution in [0.15, 0.2) is 60.9 Å². The topological polar surface area (TPSA) is 551 Å². The molecule has 42 nitrogen and oxygen atoms in total. The number of aliphatic hydroxyl groups excluding tert-OH is 6. The van der Waals surface area contributed by atoms with Crippen LogP contribution in [0.4, 0.5) is 11.4 Å². The number of ether oxygens (including phenoxy) is 12. The number of esters is 2. The molecule has 806 valence electrons. The minimum absolute atomic E-state index is 0.0343. The molecule has 8 heterocycles. The van der Waals surface area contributed by atoms with Crippen LogP contribution in [0.5, 0.6) is 0 Å². The molecule has 0 bridgehead atoms. The molecule has 0 spiro atoms. The van der Waals surface area contributed by atoms with Crippen molar-refractivity contribution in [3.8, 4) is 0 Å². The quantitative estimate of drug-likeness (QED) is 0.0166. The molecule has 4 aromatic rings. The predicted octanol–water partition coefficient (Wildman–Crippen LogP) is 6.10. The van der Waals surface area contributed by atoms with Gasteiger partial charge in [-0.15, -0.1) is 10.2 Å². The van der Waals surface area contributed by atoms with E-state index >= 15 is 0 Å². The van der Waals surface area contributed by atoms with E-state index in [4.69, 9.17) is 62.6 Å². The van der Waals surface area contributed by atoms with E-state index in [1.54, 1.807) is 132 Å². The second-order valence-electron chi connectivity index (χ2n) is 43.3. The number of non-ortho nitro benzene ring substituents is 2. The van der Waals surface area contributed by atoms with Gasteiger partial charge in [-0.25, -0.2) is 9.36 Å². The summed E-state index contributed by atoms with van der Waals surface area (Å²) in [5, 5.41) is 159. The second kappa shape index (κ2) is 49.9.